The highest BCUT2D eigenvalue weighted by Crippen LogP contribution is 2.24. The SMILES string of the molecule is CN(CC1CCCC1)C(N)=S. The molecule has 0 amide bonds. The number of thiocarbonyl (C=S) groups is 1. The van der Waals surface area contributed by atoms with Crippen LogP contribution < -0.4 is 5.73 Å². The molecule has 64 valence electrons. The molecular formula is C8H16N2S. The number of nitrogens with two attached hydrogens (primary N) is 1. The summed E-state index contributed by atoms with van der Waals surface area (Å²) in [7, 11) is 1.97. The van der Waals surface area contributed by atoms with Gasteiger partial charge in [0.15, 0.2) is 5.11 Å². The Morgan fingerprint density at radius 3 is 2.55 bits per heavy atom. The van der Waals surface area contributed by atoms with Crippen LogP contribution in [0, 0.1) is 5.92 Å². The normalized spacial score (nSPS) is 18.6. The molecule has 0 bridgehead atoms. The van der Waals surface area contributed by atoms with E-state index >= 15 is 0 Å². The Bertz CT molecular complexity index is 141. The van der Waals surface area contributed by atoms with Crippen molar-refractivity contribution in [1.82, 2.24) is 4.90 Å². The molecule has 0 unspecified atom stereocenters. The average molecular weight is 172 g/mol. The quantitative estimate of drug-likeness (QED) is 0.638. The van der Waals surface area contributed by atoms with E-state index in [0.717, 1.165) is 12.5 Å². The highest BCUT2D eigenvalue weighted by Gasteiger charge is 2.16. The fourth-order valence-corrected chi connectivity index (χ4v) is 1.74. The third-order valence-electron chi connectivity index (χ3n) is 2.38. The van der Waals surface area contributed by atoms with Crippen molar-refractivity contribution in [3.8, 4) is 0 Å². The minimum atomic E-state index is 0.525. The summed E-state index contributed by atoms with van der Waals surface area (Å²) < 4.78 is 0. The van der Waals surface area contributed by atoms with Gasteiger partial charge in [-0.3, -0.25) is 0 Å². The second kappa shape index (κ2) is 3.90. The van der Waals surface area contributed by atoms with Crippen molar-refractivity contribution in [3.05, 3.63) is 0 Å². The molecule has 1 rings (SSSR count). The predicted octanol–water partition coefficient (Wildman–Crippen LogP) is 1.35. The van der Waals surface area contributed by atoms with Crippen molar-refractivity contribution in [1.29, 1.82) is 0 Å². The first-order valence-electron chi connectivity index (χ1n) is 4.20. The third-order valence-corrected chi connectivity index (χ3v) is 2.69. The lowest BCUT2D eigenvalue weighted by Gasteiger charge is -2.20. The molecule has 0 aromatic rings. The summed E-state index contributed by atoms with van der Waals surface area (Å²) in [6.07, 6.45) is 5.48. The van der Waals surface area contributed by atoms with Crippen molar-refractivity contribution < 1.29 is 0 Å². The van der Waals surface area contributed by atoms with Crippen LogP contribution in [0.1, 0.15) is 25.7 Å². The maximum absolute atomic E-state index is 5.47. The van der Waals surface area contributed by atoms with Crippen LogP contribution in [0.15, 0.2) is 0 Å². The first-order chi connectivity index (χ1) is 5.20. The van der Waals surface area contributed by atoms with Gasteiger partial charge >= 0.3 is 0 Å². The average Bonchev–Trinajstić information content (AvgIpc) is 2.39. The predicted molar refractivity (Wildman–Crippen MR) is 51.4 cm³/mol. The van der Waals surface area contributed by atoms with E-state index in [4.69, 9.17) is 18.0 Å². The standard InChI is InChI=1S/C8H16N2S/c1-10(8(9)11)6-7-4-2-3-5-7/h7H,2-6H2,1H3,(H2,9,11). The largest absolute Gasteiger partial charge is 0.376 e. The highest BCUT2D eigenvalue weighted by atomic mass is 32.1. The van der Waals surface area contributed by atoms with Gasteiger partial charge in [0.1, 0.15) is 0 Å². The Morgan fingerprint density at radius 2 is 2.09 bits per heavy atom. The lowest BCUT2D eigenvalue weighted by Crippen LogP contribution is -2.35. The minimum absolute atomic E-state index is 0.525. The lowest BCUT2D eigenvalue weighted by molar-refractivity contribution is 0.390. The van der Waals surface area contributed by atoms with E-state index in [1.54, 1.807) is 0 Å². The maximum atomic E-state index is 5.47. The van der Waals surface area contributed by atoms with Gasteiger partial charge in [-0.15, -0.1) is 0 Å². The minimum Gasteiger partial charge on any atom is -0.376 e. The Kier molecular flexibility index (Phi) is 3.12. The van der Waals surface area contributed by atoms with Gasteiger partial charge in [0.2, 0.25) is 0 Å². The van der Waals surface area contributed by atoms with E-state index in [-0.39, 0.29) is 0 Å². The van der Waals surface area contributed by atoms with Crippen LogP contribution in [0.4, 0.5) is 0 Å². The summed E-state index contributed by atoms with van der Waals surface area (Å²) in [5.41, 5.74) is 5.47. The Labute approximate surface area is 73.7 Å². The van der Waals surface area contributed by atoms with Gasteiger partial charge in [-0.05, 0) is 31.0 Å². The molecule has 0 radical (unpaired) electrons. The number of rotatable bonds is 2. The molecule has 1 aliphatic carbocycles. The molecule has 0 spiro atoms. The van der Waals surface area contributed by atoms with Crippen molar-refractivity contribution in [3.63, 3.8) is 0 Å². The zero-order valence-electron chi connectivity index (χ0n) is 7.05. The molecular weight excluding hydrogens is 156 g/mol. The van der Waals surface area contributed by atoms with Gasteiger partial charge in [0.05, 0.1) is 0 Å². The summed E-state index contributed by atoms with van der Waals surface area (Å²) in [6.45, 7) is 1.05. The van der Waals surface area contributed by atoms with E-state index < -0.39 is 0 Å². The monoisotopic (exact) mass is 172 g/mol. The molecule has 1 aliphatic rings. The van der Waals surface area contributed by atoms with Crippen LogP contribution in [0.2, 0.25) is 0 Å². The third kappa shape index (κ3) is 2.66. The van der Waals surface area contributed by atoms with Gasteiger partial charge in [0, 0.05) is 13.6 Å². The van der Waals surface area contributed by atoms with E-state index in [1.807, 2.05) is 11.9 Å². The van der Waals surface area contributed by atoms with E-state index in [2.05, 4.69) is 0 Å². The number of hydrogen-bond acceptors (Lipinski definition) is 1. The van der Waals surface area contributed by atoms with Crippen LogP contribution in [0.3, 0.4) is 0 Å². The van der Waals surface area contributed by atoms with Gasteiger partial charge in [0.25, 0.3) is 0 Å². The first-order valence-corrected chi connectivity index (χ1v) is 4.61. The van der Waals surface area contributed by atoms with Crippen LogP contribution in [-0.2, 0) is 0 Å². The summed E-state index contributed by atoms with van der Waals surface area (Å²) in [5.74, 6) is 0.835. The molecule has 2 nitrogen and oxygen atoms in total. The molecule has 0 heterocycles. The maximum Gasteiger partial charge on any atom is 0.166 e. The van der Waals surface area contributed by atoms with E-state index in [1.165, 1.54) is 25.7 Å². The van der Waals surface area contributed by atoms with Crippen LogP contribution in [-0.4, -0.2) is 23.6 Å². The Balaban J connectivity index is 2.23. The van der Waals surface area contributed by atoms with Gasteiger partial charge in [-0.2, -0.15) is 0 Å². The summed E-state index contributed by atoms with van der Waals surface area (Å²) in [5, 5.41) is 0.525. The zero-order chi connectivity index (χ0) is 8.27. The summed E-state index contributed by atoms with van der Waals surface area (Å²) >= 11 is 4.86. The molecule has 0 aliphatic heterocycles. The highest BCUT2D eigenvalue weighted by molar-refractivity contribution is 7.80. The lowest BCUT2D eigenvalue weighted by atomic mass is 10.1. The van der Waals surface area contributed by atoms with Crippen molar-refractivity contribution in [2.75, 3.05) is 13.6 Å². The molecule has 1 saturated carbocycles. The van der Waals surface area contributed by atoms with Gasteiger partial charge in [-0.25, -0.2) is 0 Å². The van der Waals surface area contributed by atoms with Gasteiger partial charge in [-0.1, -0.05) is 12.8 Å². The second-order valence-electron chi connectivity index (χ2n) is 3.37. The molecule has 2 N–H and O–H groups in total. The topological polar surface area (TPSA) is 29.3 Å². The second-order valence-corrected chi connectivity index (χ2v) is 3.79. The molecule has 0 atom stereocenters. The molecule has 11 heavy (non-hydrogen) atoms. The molecule has 0 aromatic heterocycles. The Hall–Kier alpha value is -0.310. The fraction of sp³-hybridized carbons (Fsp3) is 0.875. The van der Waals surface area contributed by atoms with Gasteiger partial charge < -0.3 is 10.6 Å². The zero-order valence-corrected chi connectivity index (χ0v) is 7.86. The summed E-state index contributed by atoms with van der Waals surface area (Å²) in [4.78, 5) is 1.98. The first kappa shape index (κ1) is 8.78. The number of hydrogen-bond donors (Lipinski definition) is 1. The van der Waals surface area contributed by atoms with E-state index in [9.17, 15) is 0 Å². The van der Waals surface area contributed by atoms with Crippen LogP contribution in [0.5, 0.6) is 0 Å². The molecule has 3 heteroatoms. The van der Waals surface area contributed by atoms with Crippen molar-refractivity contribution in [2.24, 2.45) is 11.7 Å². The van der Waals surface area contributed by atoms with Crippen molar-refractivity contribution in [2.45, 2.75) is 25.7 Å². The fourth-order valence-electron chi connectivity index (χ4n) is 1.67. The number of nitrogens with zero attached hydrogens (tertiary/aromatic N) is 1. The van der Waals surface area contributed by atoms with Crippen molar-refractivity contribution >= 4 is 17.3 Å². The smallest absolute Gasteiger partial charge is 0.166 e. The summed E-state index contributed by atoms with van der Waals surface area (Å²) in [6, 6.07) is 0. The molecule has 0 aromatic carbocycles. The molecule has 0 saturated heterocycles. The van der Waals surface area contributed by atoms with E-state index in [0.29, 0.717) is 5.11 Å². The van der Waals surface area contributed by atoms with Crippen LogP contribution >= 0.6 is 12.2 Å². The Morgan fingerprint density at radius 1 is 1.55 bits per heavy atom. The van der Waals surface area contributed by atoms with Crippen LogP contribution in [0.25, 0.3) is 0 Å². The molecule has 1 fully saturated rings.